The lowest BCUT2D eigenvalue weighted by atomic mass is 10.1. The molecule has 2 unspecified atom stereocenters. The molecule has 1 saturated carbocycles. The Bertz CT molecular complexity index is 506. The van der Waals surface area contributed by atoms with Gasteiger partial charge >= 0.3 is 0 Å². The van der Waals surface area contributed by atoms with Crippen LogP contribution in [0.2, 0.25) is 0 Å². The topological polar surface area (TPSA) is 38.1 Å². The number of hydrogen-bond acceptors (Lipinski definition) is 3. The first-order valence-electron chi connectivity index (χ1n) is 6.52. The third-order valence-electron chi connectivity index (χ3n) is 3.54. The number of likely N-dealkylation sites (N-methyl/N-ethyl adjacent to an activating group) is 1. The fourth-order valence-corrected chi connectivity index (χ4v) is 2.42. The molecule has 0 spiro atoms. The van der Waals surface area contributed by atoms with Gasteiger partial charge in [0.1, 0.15) is 5.76 Å². The molecule has 1 fully saturated rings. The second-order valence-corrected chi connectivity index (χ2v) is 4.87. The monoisotopic (exact) mass is 242 g/mol. The second kappa shape index (κ2) is 4.94. The van der Waals surface area contributed by atoms with Gasteiger partial charge in [0.2, 0.25) is 0 Å². The average Bonchev–Trinajstić information content (AvgIpc) is 3.09. The summed E-state index contributed by atoms with van der Waals surface area (Å²) >= 11 is 0. The van der Waals surface area contributed by atoms with Gasteiger partial charge in [0.25, 0.3) is 0 Å². The van der Waals surface area contributed by atoms with Crippen LogP contribution >= 0.6 is 0 Å². The number of nitrogens with one attached hydrogen (secondary N) is 1. The quantitative estimate of drug-likeness (QED) is 0.876. The van der Waals surface area contributed by atoms with E-state index in [0.717, 1.165) is 24.6 Å². The van der Waals surface area contributed by atoms with Gasteiger partial charge in [-0.15, -0.1) is 0 Å². The summed E-state index contributed by atoms with van der Waals surface area (Å²) in [6.45, 7) is 0.909. The zero-order chi connectivity index (χ0) is 12.4. The minimum atomic E-state index is 0.531. The number of benzene rings is 1. The molecule has 1 aliphatic carbocycles. The number of oxazole rings is 1. The Balaban J connectivity index is 1.65. The highest BCUT2D eigenvalue weighted by atomic mass is 16.4. The maximum atomic E-state index is 5.81. The maximum Gasteiger partial charge on any atom is 0.195 e. The molecule has 0 amide bonds. The SMILES string of the molecule is CNCCc1ncc(C2CC2c2ccccc2)o1. The number of hydrogen-bond donors (Lipinski definition) is 1. The summed E-state index contributed by atoms with van der Waals surface area (Å²) in [5.41, 5.74) is 1.41. The van der Waals surface area contributed by atoms with E-state index in [9.17, 15) is 0 Å². The molecule has 2 aromatic rings. The molecule has 0 bridgehead atoms. The van der Waals surface area contributed by atoms with Crippen LogP contribution < -0.4 is 5.32 Å². The van der Waals surface area contributed by atoms with Crippen molar-refractivity contribution in [2.24, 2.45) is 0 Å². The minimum absolute atomic E-state index is 0.531. The highest BCUT2D eigenvalue weighted by molar-refractivity contribution is 5.31. The summed E-state index contributed by atoms with van der Waals surface area (Å²) in [5, 5.41) is 3.10. The molecule has 3 heteroatoms. The Morgan fingerprint density at radius 3 is 2.89 bits per heavy atom. The molecule has 1 aromatic heterocycles. The van der Waals surface area contributed by atoms with E-state index >= 15 is 0 Å². The van der Waals surface area contributed by atoms with Crippen LogP contribution in [0.15, 0.2) is 40.9 Å². The summed E-state index contributed by atoms with van der Waals surface area (Å²) in [6, 6.07) is 10.7. The van der Waals surface area contributed by atoms with Gasteiger partial charge < -0.3 is 9.73 Å². The summed E-state index contributed by atoms with van der Waals surface area (Å²) < 4.78 is 5.81. The Morgan fingerprint density at radius 2 is 2.11 bits per heavy atom. The molecule has 94 valence electrons. The van der Waals surface area contributed by atoms with Crippen molar-refractivity contribution in [2.75, 3.05) is 13.6 Å². The number of nitrogens with zero attached hydrogens (tertiary/aromatic N) is 1. The molecule has 1 heterocycles. The number of rotatable bonds is 5. The van der Waals surface area contributed by atoms with Gasteiger partial charge in [-0.05, 0) is 24.9 Å². The van der Waals surface area contributed by atoms with E-state index in [-0.39, 0.29) is 0 Å². The largest absolute Gasteiger partial charge is 0.445 e. The van der Waals surface area contributed by atoms with Gasteiger partial charge in [0.15, 0.2) is 5.89 Å². The van der Waals surface area contributed by atoms with Crippen LogP contribution in [-0.2, 0) is 6.42 Å². The zero-order valence-corrected chi connectivity index (χ0v) is 10.6. The van der Waals surface area contributed by atoms with Crippen LogP contribution in [0.1, 0.15) is 35.5 Å². The van der Waals surface area contributed by atoms with E-state index in [1.165, 1.54) is 12.0 Å². The predicted octanol–water partition coefficient (Wildman–Crippen LogP) is 2.71. The molecule has 0 aliphatic heterocycles. The van der Waals surface area contributed by atoms with Crippen molar-refractivity contribution < 1.29 is 4.42 Å². The van der Waals surface area contributed by atoms with Crippen molar-refractivity contribution in [1.82, 2.24) is 10.3 Å². The minimum Gasteiger partial charge on any atom is -0.445 e. The Morgan fingerprint density at radius 1 is 1.28 bits per heavy atom. The van der Waals surface area contributed by atoms with Gasteiger partial charge in [-0.2, -0.15) is 0 Å². The van der Waals surface area contributed by atoms with Crippen LogP contribution in [-0.4, -0.2) is 18.6 Å². The Labute approximate surface area is 107 Å². The molecule has 0 saturated heterocycles. The molecule has 2 atom stereocenters. The molecule has 0 radical (unpaired) electrons. The van der Waals surface area contributed by atoms with Gasteiger partial charge in [-0.3, -0.25) is 0 Å². The number of aromatic nitrogens is 1. The fourth-order valence-electron chi connectivity index (χ4n) is 2.42. The molecule has 1 aromatic carbocycles. The first-order chi connectivity index (χ1) is 8.88. The lowest BCUT2D eigenvalue weighted by Crippen LogP contribution is -2.10. The molecule has 1 aliphatic rings. The maximum absolute atomic E-state index is 5.81. The van der Waals surface area contributed by atoms with Crippen molar-refractivity contribution in [2.45, 2.75) is 24.7 Å². The van der Waals surface area contributed by atoms with E-state index in [1.807, 2.05) is 13.2 Å². The molecule has 3 nitrogen and oxygen atoms in total. The third-order valence-corrected chi connectivity index (χ3v) is 3.54. The lowest BCUT2D eigenvalue weighted by Gasteiger charge is -1.97. The standard InChI is InChI=1S/C15H18N2O/c1-16-8-7-15-17-10-14(18-15)13-9-12(13)11-5-3-2-4-6-11/h2-6,10,12-13,16H,7-9H2,1H3. The Hall–Kier alpha value is -1.61. The van der Waals surface area contributed by atoms with Gasteiger partial charge in [-0.1, -0.05) is 30.3 Å². The third kappa shape index (κ3) is 2.31. The van der Waals surface area contributed by atoms with E-state index in [0.29, 0.717) is 11.8 Å². The zero-order valence-electron chi connectivity index (χ0n) is 10.6. The first-order valence-corrected chi connectivity index (χ1v) is 6.52. The molecule has 3 rings (SSSR count). The van der Waals surface area contributed by atoms with E-state index in [1.54, 1.807) is 0 Å². The predicted molar refractivity (Wildman–Crippen MR) is 70.7 cm³/mol. The van der Waals surface area contributed by atoms with Crippen molar-refractivity contribution in [3.8, 4) is 0 Å². The van der Waals surface area contributed by atoms with Gasteiger partial charge in [-0.25, -0.2) is 4.98 Å². The Kier molecular flexibility index (Phi) is 3.15. The van der Waals surface area contributed by atoms with E-state index < -0.39 is 0 Å². The highest BCUT2D eigenvalue weighted by Gasteiger charge is 2.41. The highest BCUT2D eigenvalue weighted by Crippen LogP contribution is 2.54. The van der Waals surface area contributed by atoms with Crippen molar-refractivity contribution in [1.29, 1.82) is 0 Å². The van der Waals surface area contributed by atoms with Gasteiger partial charge in [0.05, 0.1) is 6.20 Å². The first kappa shape index (κ1) is 11.5. The molecular formula is C15H18N2O. The van der Waals surface area contributed by atoms with Crippen LogP contribution in [0.5, 0.6) is 0 Å². The van der Waals surface area contributed by atoms with Crippen molar-refractivity contribution >= 4 is 0 Å². The second-order valence-electron chi connectivity index (χ2n) is 4.87. The van der Waals surface area contributed by atoms with Crippen LogP contribution in [0.4, 0.5) is 0 Å². The summed E-state index contributed by atoms with van der Waals surface area (Å²) in [5.74, 6) is 3.05. The fraction of sp³-hybridized carbons (Fsp3) is 0.400. The van der Waals surface area contributed by atoms with Crippen LogP contribution in [0.25, 0.3) is 0 Å². The summed E-state index contributed by atoms with van der Waals surface area (Å²) in [6.07, 6.45) is 3.95. The average molecular weight is 242 g/mol. The van der Waals surface area contributed by atoms with E-state index in [4.69, 9.17) is 4.42 Å². The summed E-state index contributed by atoms with van der Waals surface area (Å²) in [4.78, 5) is 4.34. The van der Waals surface area contributed by atoms with E-state index in [2.05, 4.69) is 40.6 Å². The lowest BCUT2D eigenvalue weighted by molar-refractivity contribution is 0.451. The van der Waals surface area contributed by atoms with Crippen molar-refractivity contribution in [3.63, 3.8) is 0 Å². The molecule has 18 heavy (non-hydrogen) atoms. The smallest absolute Gasteiger partial charge is 0.195 e. The van der Waals surface area contributed by atoms with Crippen molar-refractivity contribution in [3.05, 3.63) is 53.7 Å². The summed E-state index contributed by atoms with van der Waals surface area (Å²) in [7, 11) is 1.94. The van der Waals surface area contributed by atoms with Crippen LogP contribution in [0.3, 0.4) is 0 Å². The molecular weight excluding hydrogens is 224 g/mol. The van der Waals surface area contributed by atoms with Gasteiger partial charge in [0, 0.05) is 18.9 Å². The molecule has 1 N–H and O–H groups in total. The normalized spacial score (nSPS) is 22.1. The van der Waals surface area contributed by atoms with Crippen LogP contribution in [0, 0.1) is 0 Å².